The van der Waals surface area contributed by atoms with Crippen LogP contribution in [0.25, 0.3) is 4.85 Å². The highest BCUT2D eigenvalue weighted by molar-refractivity contribution is 5.10. The topological polar surface area (TPSA) is 16.4 Å². The van der Waals surface area contributed by atoms with Gasteiger partial charge in [-0.05, 0) is 11.8 Å². The van der Waals surface area contributed by atoms with E-state index in [0.717, 1.165) is 0 Å². The molecule has 0 saturated heterocycles. The Labute approximate surface area is 42.7 Å². The molecule has 1 aliphatic rings. The Morgan fingerprint density at radius 3 is 3.00 bits per heavy atom. The summed E-state index contributed by atoms with van der Waals surface area (Å²) >= 11 is 0. The molecule has 1 rings (SSSR count). The zero-order valence-electron chi connectivity index (χ0n) is 4.18. The first-order valence-corrected chi connectivity index (χ1v) is 2.26. The fourth-order valence-corrected chi connectivity index (χ4v) is 0.417. The van der Waals surface area contributed by atoms with E-state index in [2.05, 4.69) is 16.2 Å². The highest BCUT2D eigenvalue weighted by Gasteiger charge is 2.01. The Kier molecular flexibility index (Phi) is 0.991. The van der Waals surface area contributed by atoms with Crippen molar-refractivity contribution in [3.8, 4) is 6.07 Å². The summed E-state index contributed by atoms with van der Waals surface area (Å²) in [6, 6.07) is 3.09. The second kappa shape index (κ2) is 1.65. The van der Waals surface area contributed by atoms with Crippen molar-refractivity contribution in [2.75, 3.05) is 0 Å². The lowest BCUT2D eigenvalue weighted by molar-refractivity contribution is 0.785. The Bertz CT molecular complexity index is 138. The van der Waals surface area contributed by atoms with Crippen molar-refractivity contribution in [3.05, 3.63) is 17.2 Å². The van der Waals surface area contributed by atoms with Gasteiger partial charge in [0.05, 0.1) is 6.20 Å². The first kappa shape index (κ1) is 4.20. The van der Waals surface area contributed by atoms with Gasteiger partial charge < -0.3 is 5.32 Å². The fourth-order valence-electron chi connectivity index (χ4n) is 0.417. The van der Waals surface area contributed by atoms with Crippen LogP contribution >= 0.6 is 0 Å². The molecule has 0 radical (unpaired) electrons. The van der Waals surface area contributed by atoms with Crippen LogP contribution in [0.2, 0.25) is 0 Å². The van der Waals surface area contributed by atoms with Crippen LogP contribution in [0.3, 0.4) is 0 Å². The summed E-state index contributed by atoms with van der Waals surface area (Å²) in [5, 5.41) is 3.00. The third-order valence-corrected chi connectivity index (χ3v) is 0.763. The Morgan fingerprint density at radius 1 is 1.86 bits per heavy atom. The largest absolute Gasteiger partial charge is 0.367 e. The predicted molar refractivity (Wildman–Crippen MR) is 29.0 cm³/mol. The van der Waals surface area contributed by atoms with Crippen molar-refractivity contribution in [2.24, 2.45) is 0 Å². The number of hydrogen-bond donors (Lipinski definition) is 1. The molecule has 0 bridgehead atoms. The Morgan fingerprint density at radius 2 is 2.71 bits per heavy atom. The maximum absolute atomic E-state index is 3.77. The zero-order valence-corrected chi connectivity index (χ0v) is 4.18. The zero-order chi connectivity index (χ0) is 5.11. The number of hydrogen-bond acceptors (Lipinski definition) is 1. The molecular formula is C5H7N2+. The van der Waals surface area contributed by atoms with Crippen LogP contribution in [-0.4, -0.2) is 6.04 Å². The van der Waals surface area contributed by atoms with E-state index in [9.17, 15) is 0 Å². The minimum absolute atomic E-state index is 0.282. The van der Waals surface area contributed by atoms with Crippen molar-refractivity contribution in [1.82, 2.24) is 5.32 Å². The van der Waals surface area contributed by atoms with E-state index in [1.807, 2.05) is 6.92 Å². The van der Waals surface area contributed by atoms with E-state index in [1.54, 1.807) is 12.4 Å². The molecule has 1 heterocycles. The highest BCUT2D eigenvalue weighted by atomic mass is 14.9. The molecule has 0 aromatic carbocycles. The lowest BCUT2D eigenvalue weighted by Crippen LogP contribution is -2.18. The Hall–Kier alpha value is -0.970. The van der Waals surface area contributed by atoms with Crippen LogP contribution in [0, 0.1) is 6.07 Å². The predicted octanol–water partition coefficient (Wildman–Crippen LogP) is 0.782. The van der Waals surface area contributed by atoms with Crippen LogP contribution in [0.1, 0.15) is 6.92 Å². The van der Waals surface area contributed by atoms with Gasteiger partial charge in [0.1, 0.15) is 0 Å². The molecule has 7 heavy (non-hydrogen) atoms. The van der Waals surface area contributed by atoms with Crippen molar-refractivity contribution in [1.29, 1.82) is 0 Å². The number of nitrogens with one attached hydrogen (secondary N) is 1. The quantitative estimate of drug-likeness (QED) is 0.470. The smallest absolute Gasteiger partial charge is 0.321 e. The standard InChI is InChI=1S/C5H7N2/c1-5-4-6-2-3-7-5/h2-3,5,7H,1H3/q+1/t5-/m0/s1. The van der Waals surface area contributed by atoms with E-state index < -0.39 is 0 Å². The molecule has 36 valence electrons. The lowest BCUT2D eigenvalue weighted by Gasteiger charge is -1.94. The van der Waals surface area contributed by atoms with Crippen molar-refractivity contribution < 1.29 is 0 Å². The molecule has 0 aromatic rings. The van der Waals surface area contributed by atoms with E-state index >= 15 is 0 Å². The first-order valence-electron chi connectivity index (χ1n) is 2.26. The van der Waals surface area contributed by atoms with Crippen LogP contribution < -0.4 is 5.32 Å². The van der Waals surface area contributed by atoms with Gasteiger partial charge in [0.2, 0.25) is 0 Å². The van der Waals surface area contributed by atoms with Gasteiger partial charge >= 0.3 is 12.3 Å². The SMILES string of the molecule is C[C@H]1C#[N+]C=CN1. The molecule has 1 aliphatic heterocycles. The molecule has 0 spiro atoms. The molecule has 0 aliphatic carbocycles. The first-order chi connectivity index (χ1) is 3.39. The molecule has 2 heteroatoms. The maximum atomic E-state index is 3.77. The minimum Gasteiger partial charge on any atom is -0.367 e. The summed E-state index contributed by atoms with van der Waals surface area (Å²) in [5.41, 5.74) is 0. The summed E-state index contributed by atoms with van der Waals surface area (Å²) in [6.45, 7) is 1.99. The number of nitrogens with zero attached hydrogens (tertiary/aromatic N) is 1. The van der Waals surface area contributed by atoms with Gasteiger partial charge in [-0.2, -0.15) is 0 Å². The van der Waals surface area contributed by atoms with Gasteiger partial charge in [-0.15, -0.1) is 0 Å². The molecular weight excluding hydrogens is 88.1 g/mol. The molecule has 2 nitrogen and oxygen atoms in total. The molecule has 0 unspecified atom stereocenters. The summed E-state index contributed by atoms with van der Waals surface area (Å²) in [4.78, 5) is 3.77. The van der Waals surface area contributed by atoms with Crippen LogP contribution in [0.5, 0.6) is 0 Å². The van der Waals surface area contributed by atoms with Crippen LogP contribution in [0.15, 0.2) is 12.4 Å². The van der Waals surface area contributed by atoms with Crippen molar-refractivity contribution in [3.63, 3.8) is 0 Å². The van der Waals surface area contributed by atoms with Gasteiger partial charge in [-0.25, -0.2) is 0 Å². The average Bonchev–Trinajstić information content (AvgIpc) is 1.69. The highest BCUT2D eigenvalue weighted by Crippen LogP contribution is 1.85. The number of rotatable bonds is 0. The average molecular weight is 95.1 g/mol. The van der Waals surface area contributed by atoms with E-state index in [-0.39, 0.29) is 6.04 Å². The fraction of sp³-hybridized carbons (Fsp3) is 0.400. The monoisotopic (exact) mass is 95.1 g/mol. The Balaban J connectivity index is 2.59. The molecule has 1 N–H and O–H groups in total. The normalized spacial score (nSPS) is 25.0. The third-order valence-electron chi connectivity index (χ3n) is 0.763. The van der Waals surface area contributed by atoms with E-state index in [0.29, 0.717) is 0 Å². The van der Waals surface area contributed by atoms with Crippen molar-refractivity contribution >= 4 is 0 Å². The van der Waals surface area contributed by atoms with Gasteiger partial charge in [-0.1, -0.05) is 0 Å². The maximum Gasteiger partial charge on any atom is 0.321 e. The van der Waals surface area contributed by atoms with Gasteiger partial charge in [0.25, 0.3) is 0 Å². The van der Waals surface area contributed by atoms with Crippen molar-refractivity contribution in [2.45, 2.75) is 13.0 Å². The molecule has 1 atom stereocenters. The second-order valence-electron chi connectivity index (χ2n) is 1.46. The summed E-state index contributed by atoms with van der Waals surface area (Å²) in [7, 11) is 0. The van der Waals surface area contributed by atoms with Gasteiger partial charge in [-0.3, -0.25) is 0 Å². The van der Waals surface area contributed by atoms with E-state index in [1.165, 1.54) is 0 Å². The molecule has 0 amide bonds. The molecule has 0 fully saturated rings. The second-order valence-corrected chi connectivity index (χ2v) is 1.46. The molecule has 0 saturated carbocycles. The van der Waals surface area contributed by atoms with Crippen LogP contribution in [0.4, 0.5) is 0 Å². The van der Waals surface area contributed by atoms with Gasteiger partial charge in [0, 0.05) is 0 Å². The van der Waals surface area contributed by atoms with Gasteiger partial charge in [0.15, 0.2) is 6.04 Å². The molecule has 0 aromatic heterocycles. The summed E-state index contributed by atoms with van der Waals surface area (Å²) < 4.78 is 0. The summed E-state index contributed by atoms with van der Waals surface area (Å²) in [6.07, 6.45) is 3.49. The minimum atomic E-state index is 0.282. The van der Waals surface area contributed by atoms with Crippen LogP contribution in [-0.2, 0) is 0 Å². The van der Waals surface area contributed by atoms with E-state index in [4.69, 9.17) is 0 Å². The summed E-state index contributed by atoms with van der Waals surface area (Å²) in [5.74, 6) is 0. The third kappa shape index (κ3) is 0.934. The lowest BCUT2D eigenvalue weighted by atomic mass is 10.4.